The molecular formula is C19H31N3O9. The van der Waals surface area contributed by atoms with Crippen molar-refractivity contribution in [2.75, 3.05) is 38.5 Å². The Bertz CT molecular complexity index is 764. The summed E-state index contributed by atoms with van der Waals surface area (Å²) in [6, 6.07) is 1.34. The fraction of sp³-hybridized carbons (Fsp3) is 0.737. The van der Waals surface area contributed by atoms with Gasteiger partial charge in [-0.05, 0) is 20.3 Å². The van der Waals surface area contributed by atoms with E-state index in [1.807, 2.05) is 20.8 Å². The van der Waals surface area contributed by atoms with Crippen molar-refractivity contribution in [3.63, 3.8) is 0 Å². The number of aliphatic hydroxyl groups is 3. The van der Waals surface area contributed by atoms with E-state index in [0.29, 0.717) is 19.6 Å². The predicted octanol–water partition coefficient (Wildman–Crippen LogP) is -0.806. The molecule has 0 spiro atoms. The molecule has 176 valence electrons. The number of ether oxygens (including phenoxy) is 3. The molecule has 2 rings (SSSR count). The highest BCUT2D eigenvalue weighted by molar-refractivity contribution is 5.77. The van der Waals surface area contributed by atoms with Crippen molar-refractivity contribution < 1.29 is 39.2 Å². The molecule has 0 saturated carbocycles. The summed E-state index contributed by atoms with van der Waals surface area (Å²) in [4.78, 5) is 34.0. The summed E-state index contributed by atoms with van der Waals surface area (Å²) in [7, 11) is 0. The van der Waals surface area contributed by atoms with E-state index in [4.69, 9.17) is 19.0 Å². The highest BCUT2D eigenvalue weighted by Crippen LogP contribution is 2.28. The lowest BCUT2D eigenvalue weighted by Gasteiger charge is -2.29. The fourth-order valence-electron chi connectivity index (χ4n) is 3.08. The zero-order chi connectivity index (χ0) is 23.0. The minimum Gasteiger partial charge on any atom is -0.394 e. The van der Waals surface area contributed by atoms with Crippen molar-refractivity contribution in [1.82, 2.24) is 9.55 Å². The Kier molecular flexibility index (Phi) is 9.34. The number of carbonyl (C=O) groups excluding carboxylic acids is 1. The number of rotatable bonds is 12. The van der Waals surface area contributed by atoms with Crippen LogP contribution in [-0.2, 0) is 23.8 Å². The topological polar surface area (TPSA) is 162 Å². The van der Waals surface area contributed by atoms with Gasteiger partial charge < -0.3 is 34.4 Å². The second-order valence-electron chi connectivity index (χ2n) is 7.13. The van der Waals surface area contributed by atoms with Crippen molar-refractivity contribution in [3.05, 3.63) is 22.7 Å². The maximum absolute atomic E-state index is 12.7. The molecule has 0 amide bonds. The molecule has 12 nitrogen and oxygen atoms in total. The Labute approximate surface area is 179 Å². The van der Waals surface area contributed by atoms with Gasteiger partial charge in [-0.3, -0.25) is 4.57 Å². The smallest absolute Gasteiger partial charge is 0.351 e. The molecule has 1 fully saturated rings. The number of hydrogen-bond donors (Lipinski definition) is 4. The maximum Gasteiger partial charge on any atom is 0.351 e. The van der Waals surface area contributed by atoms with Crippen molar-refractivity contribution in [3.8, 4) is 0 Å². The van der Waals surface area contributed by atoms with Crippen molar-refractivity contribution >= 4 is 11.8 Å². The third-order valence-corrected chi connectivity index (χ3v) is 5.14. The molecular weight excluding hydrogens is 414 g/mol. The number of nitrogens with zero attached hydrogens (tertiary/aromatic N) is 2. The normalized spacial score (nSPS) is 23.7. The lowest BCUT2D eigenvalue weighted by molar-refractivity contribution is -0.162. The van der Waals surface area contributed by atoms with E-state index in [1.54, 1.807) is 0 Å². The van der Waals surface area contributed by atoms with E-state index in [2.05, 4.69) is 10.5 Å². The first kappa shape index (κ1) is 25.2. The summed E-state index contributed by atoms with van der Waals surface area (Å²) in [5.74, 6) is -0.662. The number of anilines is 1. The van der Waals surface area contributed by atoms with Crippen LogP contribution in [0.1, 0.15) is 33.4 Å². The summed E-state index contributed by atoms with van der Waals surface area (Å²) in [6.07, 6.45) is -3.33. The molecule has 31 heavy (non-hydrogen) atoms. The van der Waals surface area contributed by atoms with Crippen LogP contribution in [0, 0.1) is 5.41 Å². The molecule has 1 aliphatic heterocycles. The van der Waals surface area contributed by atoms with Crippen molar-refractivity contribution in [2.45, 2.75) is 51.7 Å². The first-order valence-corrected chi connectivity index (χ1v) is 10.2. The summed E-state index contributed by atoms with van der Waals surface area (Å²) >= 11 is 0. The van der Waals surface area contributed by atoms with Crippen LogP contribution in [0.5, 0.6) is 0 Å². The largest absolute Gasteiger partial charge is 0.394 e. The van der Waals surface area contributed by atoms with Gasteiger partial charge in [0, 0.05) is 25.5 Å². The van der Waals surface area contributed by atoms with Crippen LogP contribution in [0.15, 0.2) is 17.1 Å². The highest BCUT2D eigenvalue weighted by atomic mass is 16.7. The lowest BCUT2D eigenvalue weighted by atomic mass is 9.87. The molecule has 0 radical (unpaired) electrons. The first-order valence-electron chi connectivity index (χ1n) is 10.2. The Morgan fingerprint density at radius 3 is 2.35 bits per heavy atom. The highest BCUT2D eigenvalue weighted by Gasteiger charge is 2.44. The van der Waals surface area contributed by atoms with Crippen molar-refractivity contribution in [1.29, 1.82) is 0 Å². The Morgan fingerprint density at radius 2 is 1.87 bits per heavy atom. The molecule has 2 heterocycles. The number of aromatic nitrogens is 2. The average molecular weight is 445 g/mol. The zero-order valence-corrected chi connectivity index (χ0v) is 17.9. The standard InChI is InChI=1S/C19H31N3O9/c1-4-19(10-28-5-2,11-29-6-3)17(26)31-21-13-7-8-22(18(27)20-13)16-15(25)14(24)12(9-23)30-16/h7-8,12,14-16,23-25H,4-6,9-11H2,1-3H3,(H,20,21,27)/t12-,14-,15-,16-/m1/s1. The fourth-order valence-corrected chi connectivity index (χ4v) is 3.08. The minimum atomic E-state index is -1.42. The molecule has 1 aromatic heterocycles. The van der Waals surface area contributed by atoms with Gasteiger partial charge in [0.2, 0.25) is 0 Å². The van der Waals surface area contributed by atoms with Gasteiger partial charge in [-0.1, -0.05) is 6.92 Å². The van der Waals surface area contributed by atoms with Crippen LogP contribution in [0.2, 0.25) is 0 Å². The van der Waals surface area contributed by atoms with E-state index in [1.165, 1.54) is 12.3 Å². The van der Waals surface area contributed by atoms with Gasteiger partial charge in [0.15, 0.2) is 12.0 Å². The molecule has 0 aliphatic carbocycles. The number of hydrogen-bond acceptors (Lipinski definition) is 11. The molecule has 12 heteroatoms. The van der Waals surface area contributed by atoms with Crippen molar-refractivity contribution in [2.24, 2.45) is 5.41 Å². The summed E-state index contributed by atoms with van der Waals surface area (Å²) in [5.41, 5.74) is 0.517. The molecule has 4 N–H and O–H groups in total. The van der Waals surface area contributed by atoms with Gasteiger partial charge >= 0.3 is 11.7 Å². The summed E-state index contributed by atoms with van der Waals surface area (Å²) in [5, 5.41) is 29.1. The number of carbonyl (C=O) groups is 1. The second kappa shape index (κ2) is 11.5. The molecule has 1 aromatic rings. The Balaban J connectivity index is 2.09. The molecule has 1 aliphatic rings. The van der Waals surface area contributed by atoms with Gasteiger partial charge in [-0.15, -0.1) is 0 Å². The maximum atomic E-state index is 12.7. The number of aliphatic hydroxyl groups excluding tert-OH is 3. The van der Waals surface area contributed by atoms with E-state index < -0.39 is 48.2 Å². The lowest BCUT2D eigenvalue weighted by Crippen LogP contribution is -2.42. The van der Waals surface area contributed by atoms with E-state index in [0.717, 1.165) is 4.57 Å². The Morgan fingerprint density at radius 1 is 1.23 bits per heavy atom. The average Bonchev–Trinajstić information content (AvgIpc) is 3.06. The van der Waals surface area contributed by atoms with E-state index in [9.17, 15) is 24.9 Å². The van der Waals surface area contributed by atoms with E-state index >= 15 is 0 Å². The van der Waals surface area contributed by atoms with Gasteiger partial charge in [-0.2, -0.15) is 4.98 Å². The van der Waals surface area contributed by atoms with Crippen LogP contribution in [0.3, 0.4) is 0 Å². The quantitative estimate of drug-likeness (QED) is 0.298. The van der Waals surface area contributed by atoms with E-state index in [-0.39, 0.29) is 19.0 Å². The Hall–Kier alpha value is -2.09. The monoisotopic (exact) mass is 445 g/mol. The van der Waals surface area contributed by atoms with Gasteiger partial charge in [0.25, 0.3) is 0 Å². The third-order valence-electron chi connectivity index (χ3n) is 5.14. The van der Waals surface area contributed by atoms with Gasteiger partial charge in [0.05, 0.1) is 19.8 Å². The zero-order valence-electron chi connectivity index (χ0n) is 17.9. The number of nitrogens with one attached hydrogen (secondary N) is 1. The molecule has 4 atom stereocenters. The molecule has 1 saturated heterocycles. The van der Waals surface area contributed by atoms with Crippen LogP contribution in [0.25, 0.3) is 0 Å². The van der Waals surface area contributed by atoms with Crippen LogP contribution >= 0.6 is 0 Å². The van der Waals surface area contributed by atoms with Crippen LogP contribution in [-0.4, -0.2) is 82.2 Å². The van der Waals surface area contributed by atoms with Gasteiger partial charge in [0.1, 0.15) is 23.7 Å². The SMILES string of the molecule is CCOCC(CC)(COCC)C(=O)ONc1ccn([C@@H]2O[C@H](CO)[C@@H](O)[C@H]2O)c(=O)n1. The first-order chi connectivity index (χ1) is 14.8. The molecule has 0 unspecified atom stereocenters. The third kappa shape index (κ3) is 5.79. The summed E-state index contributed by atoms with van der Waals surface area (Å²) < 4.78 is 17.2. The minimum absolute atomic E-state index is 0.0424. The molecule has 0 aromatic carbocycles. The molecule has 0 bridgehead atoms. The summed E-state index contributed by atoms with van der Waals surface area (Å²) in [6.45, 7) is 6.01. The van der Waals surface area contributed by atoms with Crippen LogP contribution in [0.4, 0.5) is 5.82 Å². The second-order valence-corrected chi connectivity index (χ2v) is 7.13. The predicted molar refractivity (Wildman–Crippen MR) is 107 cm³/mol. The van der Waals surface area contributed by atoms with Gasteiger partial charge in [-0.25, -0.2) is 15.1 Å². The van der Waals surface area contributed by atoms with Crippen LogP contribution < -0.4 is 11.2 Å².